The molecule has 0 spiro atoms. The van der Waals surface area contributed by atoms with E-state index in [1.54, 1.807) is 23.0 Å². The summed E-state index contributed by atoms with van der Waals surface area (Å²) >= 11 is 1.65. The first-order chi connectivity index (χ1) is 2.41. The van der Waals surface area contributed by atoms with Crippen LogP contribution >= 0.6 is 23.0 Å². The summed E-state index contributed by atoms with van der Waals surface area (Å²) in [5.41, 5.74) is 0. The third kappa shape index (κ3) is 4.62. The molecule has 1 nitrogen and oxygen atoms in total. The summed E-state index contributed by atoms with van der Waals surface area (Å²) in [6.07, 6.45) is 0. The van der Waals surface area contributed by atoms with Crippen molar-refractivity contribution in [3.63, 3.8) is 0 Å². The number of halogens is 2. The number of alkyl halides is 1. The molecule has 3 heteroatoms. The van der Waals surface area contributed by atoms with Gasteiger partial charge in [0.25, 0.3) is 0 Å². The Balaban J connectivity index is 2.19. The molecule has 0 saturated carbocycles. The topological polar surface area (TPSA) is 9.23 Å². The molecule has 0 aliphatic carbocycles. The predicted octanol–water partition coefficient (Wildman–Crippen LogP) is 1.32. The highest BCUT2D eigenvalue weighted by molar-refractivity contribution is 14.1. The van der Waals surface area contributed by atoms with Crippen molar-refractivity contribution in [3.05, 3.63) is 0 Å². The van der Waals surface area contributed by atoms with Crippen LogP contribution in [0.3, 0.4) is 0 Å². The fourth-order valence-electron chi connectivity index (χ4n) is 0.0292. The molecule has 0 rings (SSSR count). The van der Waals surface area contributed by atoms with Gasteiger partial charge in [-0.1, -0.05) is 0 Å². The molecule has 0 fully saturated rings. The van der Waals surface area contributed by atoms with Gasteiger partial charge in [0.15, 0.2) is 0 Å². The van der Waals surface area contributed by atoms with E-state index in [0.717, 1.165) is 0 Å². The van der Waals surface area contributed by atoms with Gasteiger partial charge in [-0.25, -0.2) is 4.39 Å². The van der Waals surface area contributed by atoms with E-state index in [4.69, 9.17) is 0 Å². The van der Waals surface area contributed by atoms with Gasteiger partial charge in [-0.3, -0.25) is 0 Å². The highest BCUT2D eigenvalue weighted by Crippen LogP contribution is 1.81. The second kappa shape index (κ2) is 4.62. The van der Waals surface area contributed by atoms with Crippen LogP contribution in [0.1, 0.15) is 0 Å². The molecule has 0 saturated heterocycles. The quantitative estimate of drug-likeness (QED) is 0.596. The van der Waals surface area contributed by atoms with Crippen molar-refractivity contribution < 1.29 is 7.46 Å². The van der Waals surface area contributed by atoms with E-state index >= 15 is 0 Å². The molecule has 0 aliphatic heterocycles. The summed E-state index contributed by atoms with van der Waals surface area (Å²) in [4.78, 5) is 0. The molecule has 0 aromatic carbocycles. The minimum atomic E-state index is -0.386. The number of hydrogen-bond acceptors (Lipinski definition) is 1. The summed E-state index contributed by atoms with van der Waals surface area (Å²) in [5, 5.41) is 0. The summed E-state index contributed by atoms with van der Waals surface area (Å²) in [6, 6.07) is 0. The zero-order valence-corrected chi connectivity index (χ0v) is 4.74. The zero-order valence-electron chi connectivity index (χ0n) is 2.58. The molecule has 0 aromatic rings. The van der Waals surface area contributed by atoms with Gasteiger partial charge in [0, 0.05) is 0 Å². The molecule has 0 unspecified atom stereocenters. The molecule has 0 aromatic heterocycles. The van der Waals surface area contributed by atoms with Gasteiger partial charge < -0.3 is 3.07 Å². The SMILES string of the molecule is FCCOI. The maximum atomic E-state index is 10.9. The molecular weight excluding hydrogens is 186 g/mol. The molecule has 32 valence electrons. The lowest BCUT2D eigenvalue weighted by Gasteiger charge is -1.78. The Bertz CT molecular complexity index is 17.1. The first-order valence-electron chi connectivity index (χ1n) is 1.21. The third-order valence-electron chi connectivity index (χ3n) is 0.154. The van der Waals surface area contributed by atoms with Gasteiger partial charge in [0.2, 0.25) is 0 Å². The van der Waals surface area contributed by atoms with Crippen molar-refractivity contribution in [2.75, 3.05) is 13.3 Å². The first-order valence-corrected chi connectivity index (χ1v) is 2.09. The van der Waals surface area contributed by atoms with Crippen molar-refractivity contribution in [2.24, 2.45) is 0 Å². The number of hydrogen-bond donors (Lipinski definition) is 0. The molecule has 0 atom stereocenters. The van der Waals surface area contributed by atoms with Crippen molar-refractivity contribution in [3.8, 4) is 0 Å². The molecule has 0 aliphatic rings. The molecule has 0 amide bonds. The van der Waals surface area contributed by atoms with Crippen LogP contribution in [0, 0.1) is 0 Å². The molecule has 0 bridgehead atoms. The Kier molecular flexibility index (Phi) is 5.19. The molecular formula is C2H4FIO. The highest BCUT2D eigenvalue weighted by atomic mass is 127. The number of rotatable bonds is 2. The molecule has 0 heterocycles. The summed E-state index contributed by atoms with van der Waals surface area (Å²) in [7, 11) is 0. The van der Waals surface area contributed by atoms with Gasteiger partial charge in [-0.05, 0) is 0 Å². The van der Waals surface area contributed by atoms with Crippen LogP contribution in [0.15, 0.2) is 0 Å². The van der Waals surface area contributed by atoms with E-state index in [-0.39, 0.29) is 13.3 Å². The Morgan fingerprint density at radius 2 is 2.40 bits per heavy atom. The van der Waals surface area contributed by atoms with Crippen molar-refractivity contribution in [1.82, 2.24) is 0 Å². The van der Waals surface area contributed by atoms with Crippen molar-refractivity contribution in [2.45, 2.75) is 0 Å². The first kappa shape index (κ1) is 5.62. The molecule has 0 N–H and O–H groups in total. The van der Waals surface area contributed by atoms with Crippen LogP contribution < -0.4 is 0 Å². The van der Waals surface area contributed by atoms with Gasteiger partial charge in [-0.2, -0.15) is 0 Å². The lowest BCUT2D eigenvalue weighted by atomic mass is 10.9. The van der Waals surface area contributed by atoms with Crippen LogP contribution in [0.5, 0.6) is 0 Å². The van der Waals surface area contributed by atoms with Crippen LogP contribution in [0.4, 0.5) is 4.39 Å². The summed E-state index contributed by atoms with van der Waals surface area (Å²) < 4.78 is 15.1. The van der Waals surface area contributed by atoms with Crippen LogP contribution in [-0.4, -0.2) is 13.3 Å². The molecule has 0 radical (unpaired) electrons. The monoisotopic (exact) mass is 190 g/mol. The minimum absolute atomic E-state index is 0.209. The third-order valence-corrected chi connectivity index (χ3v) is 0.595. The van der Waals surface area contributed by atoms with E-state index in [9.17, 15) is 4.39 Å². The van der Waals surface area contributed by atoms with Crippen LogP contribution in [0.25, 0.3) is 0 Å². The Morgan fingerprint density at radius 3 is 2.40 bits per heavy atom. The largest absolute Gasteiger partial charge is 0.313 e. The van der Waals surface area contributed by atoms with Gasteiger partial charge in [-0.15, -0.1) is 0 Å². The highest BCUT2D eigenvalue weighted by Gasteiger charge is 1.72. The predicted molar refractivity (Wildman–Crippen MR) is 25.9 cm³/mol. The Hall–Kier alpha value is 0.620. The van der Waals surface area contributed by atoms with E-state index in [1.807, 2.05) is 0 Å². The Labute approximate surface area is 44.2 Å². The second-order valence-electron chi connectivity index (χ2n) is 0.502. The second-order valence-corrected chi connectivity index (χ2v) is 1.13. The normalized spacial score (nSPS) is 8.40. The fraction of sp³-hybridized carbons (Fsp3) is 1.00. The summed E-state index contributed by atoms with van der Waals surface area (Å²) in [6.45, 7) is -0.177. The Morgan fingerprint density at radius 1 is 1.80 bits per heavy atom. The molecule has 5 heavy (non-hydrogen) atoms. The van der Waals surface area contributed by atoms with E-state index in [1.165, 1.54) is 0 Å². The smallest absolute Gasteiger partial charge is 0.114 e. The van der Waals surface area contributed by atoms with Crippen LogP contribution in [0.2, 0.25) is 0 Å². The average Bonchev–Trinajstić information content (AvgIpc) is 1.41. The van der Waals surface area contributed by atoms with Gasteiger partial charge >= 0.3 is 0 Å². The maximum absolute atomic E-state index is 10.9. The average molecular weight is 190 g/mol. The van der Waals surface area contributed by atoms with Gasteiger partial charge in [0.1, 0.15) is 29.7 Å². The van der Waals surface area contributed by atoms with E-state index in [0.29, 0.717) is 0 Å². The van der Waals surface area contributed by atoms with Crippen LogP contribution in [-0.2, 0) is 3.07 Å². The summed E-state index contributed by atoms with van der Waals surface area (Å²) in [5.74, 6) is 0. The lowest BCUT2D eigenvalue weighted by Crippen LogP contribution is -1.80. The lowest BCUT2D eigenvalue weighted by molar-refractivity contribution is 0.345. The van der Waals surface area contributed by atoms with Gasteiger partial charge in [0.05, 0.1) is 6.61 Å². The standard InChI is InChI=1S/C2H4FIO/c3-1-2-5-4/h1-2H2. The fourth-order valence-corrected chi connectivity index (χ4v) is 0.196. The van der Waals surface area contributed by atoms with Crippen molar-refractivity contribution in [1.29, 1.82) is 0 Å². The minimum Gasteiger partial charge on any atom is -0.313 e. The van der Waals surface area contributed by atoms with E-state index < -0.39 is 0 Å². The van der Waals surface area contributed by atoms with E-state index in [2.05, 4.69) is 3.07 Å². The van der Waals surface area contributed by atoms with Crippen molar-refractivity contribution >= 4 is 23.0 Å². The zero-order chi connectivity index (χ0) is 4.12. The maximum Gasteiger partial charge on any atom is 0.114 e.